The molecule has 3 rings (SSSR count). The van der Waals surface area contributed by atoms with Crippen molar-refractivity contribution in [3.8, 4) is 17.4 Å². The third-order valence-electron chi connectivity index (χ3n) is 2.87. The molecule has 2 aromatic carbocycles. The number of rotatable bonds is 4. The molecule has 0 radical (unpaired) electrons. The molecule has 0 unspecified atom stereocenters. The first-order valence-electron chi connectivity index (χ1n) is 6.25. The SMILES string of the molecule is ClCc1ccc(Oc2ncn(-c3ccccc3)n2)cc1Br. The van der Waals surface area contributed by atoms with Crippen LogP contribution >= 0.6 is 27.5 Å². The van der Waals surface area contributed by atoms with Crippen molar-refractivity contribution >= 4 is 27.5 Å². The molecular formula is C15H11BrClN3O. The number of ether oxygens (including phenoxy) is 1. The Labute approximate surface area is 135 Å². The predicted octanol–water partition coefficient (Wildman–Crippen LogP) is 4.56. The lowest BCUT2D eigenvalue weighted by molar-refractivity contribution is 0.441. The number of halogens is 2. The minimum Gasteiger partial charge on any atom is -0.423 e. The maximum absolute atomic E-state index is 5.82. The Hall–Kier alpha value is -1.85. The van der Waals surface area contributed by atoms with Gasteiger partial charge < -0.3 is 4.74 Å². The van der Waals surface area contributed by atoms with Gasteiger partial charge in [0.1, 0.15) is 12.1 Å². The number of benzene rings is 2. The highest BCUT2D eigenvalue weighted by atomic mass is 79.9. The van der Waals surface area contributed by atoms with Gasteiger partial charge in [-0.15, -0.1) is 16.7 Å². The zero-order valence-electron chi connectivity index (χ0n) is 10.9. The second kappa shape index (κ2) is 6.28. The molecule has 0 spiro atoms. The van der Waals surface area contributed by atoms with Gasteiger partial charge in [-0.3, -0.25) is 0 Å². The Kier molecular flexibility index (Phi) is 4.22. The first-order chi connectivity index (χ1) is 10.3. The molecule has 1 heterocycles. The van der Waals surface area contributed by atoms with Crippen LogP contribution in [0.4, 0.5) is 0 Å². The Morgan fingerprint density at radius 3 is 2.67 bits per heavy atom. The number of hydrogen-bond donors (Lipinski definition) is 0. The number of hydrogen-bond acceptors (Lipinski definition) is 3. The minimum absolute atomic E-state index is 0.296. The number of aromatic nitrogens is 3. The molecule has 0 amide bonds. The molecule has 0 aliphatic carbocycles. The van der Waals surface area contributed by atoms with Crippen molar-refractivity contribution in [1.29, 1.82) is 0 Å². The van der Waals surface area contributed by atoms with Gasteiger partial charge in [0, 0.05) is 10.4 Å². The minimum atomic E-state index is 0.296. The van der Waals surface area contributed by atoms with Crippen molar-refractivity contribution in [1.82, 2.24) is 14.8 Å². The van der Waals surface area contributed by atoms with E-state index in [2.05, 4.69) is 26.0 Å². The zero-order valence-corrected chi connectivity index (χ0v) is 13.3. The maximum Gasteiger partial charge on any atom is 0.341 e. The predicted molar refractivity (Wildman–Crippen MR) is 85.1 cm³/mol. The van der Waals surface area contributed by atoms with Gasteiger partial charge in [0.15, 0.2) is 0 Å². The van der Waals surface area contributed by atoms with Crippen molar-refractivity contribution in [2.75, 3.05) is 0 Å². The number of nitrogens with zero attached hydrogens (tertiary/aromatic N) is 3. The van der Waals surface area contributed by atoms with Crippen molar-refractivity contribution in [2.45, 2.75) is 5.88 Å². The Balaban J connectivity index is 1.80. The molecule has 0 atom stereocenters. The van der Waals surface area contributed by atoms with E-state index in [-0.39, 0.29) is 0 Å². The van der Waals surface area contributed by atoms with Crippen LogP contribution in [0, 0.1) is 0 Å². The van der Waals surface area contributed by atoms with Gasteiger partial charge in [0.25, 0.3) is 0 Å². The van der Waals surface area contributed by atoms with Crippen molar-refractivity contribution in [3.63, 3.8) is 0 Å². The summed E-state index contributed by atoms with van der Waals surface area (Å²) in [5.74, 6) is 1.10. The average molecular weight is 365 g/mol. The van der Waals surface area contributed by atoms with E-state index >= 15 is 0 Å². The smallest absolute Gasteiger partial charge is 0.341 e. The molecular weight excluding hydrogens is 354 g/mol. The van der Waals surface area contributed by atoms with Gasteiger partial charge >= 0.3 is 6.01 Å². The normalized spacial score (nSPS) is 10.6. The fraction of sp³-hybridized carbons (Fsp3) is 0.0667. The van der Waals surface area contributed by atoms with E-state index in [0.717, 1.165) is 15.7 Å². The average Bonchev–Trinajstić information content (AvgIpc) is 2.97. The van der Waals surface area contributed by atoms with E-state index in [1.54, 1.807) is 11.0 Å². The first-order valence-corrected chi connectivity index (χ1v) is 7.58. The van der Waals surface area contributed by atoms with E-state index in [4.69, 9.17) is 16.3 Å². The molecule has 1 aromatic heterocycles. The molecule has 0 fully saturated rings. The van der Waals surface area contributed by atoms with Crippen LogP contribution in [0.2, 0.25) is 0 Å². The van der Waals surface area contributed by atoms with Gasteiger partial charge in [0.05, 0.1) is 5.69 Å². The molecule has 3 aromatic rings. The summed E-state index contributed by atoms with van der Waals surface area (Å²) < 4.78 is 8.21. The van der Waals surface area contributed by atoms with Gasteiger partial charge in [0.2, 0.25) is 0 Å². The quantitative estimate of drug-likeness (QED) is 0.637. The monoisotopic (exact) mass is 363 g/mol. The van der Waals surface area contributed by atoms with E-state index < -0.39 is 0 Å². The summed E-state index contributed by atoms with van der Waals surface area (Å²) >= 11 is 9.27. The summed E-state index contributed by atoms with van der Waals surface area (Å²) in [5, 5.41) is 4.29. The molecule has 0 saturated carbocycles. The van der Waals surface area contributed by atoms with Gasteiger partial charge in [-0.2, -0.15) is 4.98 Å². The molecule has 6 heteroatoms. The van der Waals surface area contributed by atoms with E-state index in [9.17, 15) is 0 Å². The second-order valence-electron chi connectivity index (χ2n) is 4.30. The highest BCUT2D eigenvalue weighted by Crippen LogP contribution is 2.26. The van der Waals surface area contributed by atoms with Crippen LogP contribution in [0.3, 0.4) is 0 Å². The summed E-state index contributed by atoms with van der Waals surface area (Å²) in [7, 11) is 0. The van der Waals surface area contributed by atoms with E-state index in [1.165, 1.54) is 0 Å². The molecule has 106 valence electrons. The molecule has 0 aliphatic heterocycles. The van der Waals surface area contributed by atoms with Crippen LogP contribution in [-0.4, -0.2) is 14.8 Å². The lowest BCUT2D eigenvalue weighted by Gasteiger charge is -2.04. The standard InChI is InChI=1S/C15H11BrClN3O/c16-14-8-13(7-6-11(14)9-17)21-15-18-10-20(19-15)12-4-2-1-3-5-12/h1-8,10H,9H2. The molecule has 21 heavy (non-hydrogen) atoms. The summed E-state index contributed by atoms with van der Waals surface area (Å²) in [5.41, 5.74) is 1.94. The second-order valence-corrected chi connectivity index (χ2v) is 5.42. The lowest BCUT2D eigenvalue weighted by Crippen LogP contribution is -1.94. The van der Waals surface area contributed by atoms with Crippen LogP contribution < -0.4 is 4.74 Å². The maximum atomic E-state index is 5.82. The molecule has 0 saturated heterocycles. The third kappa shape index (κ3) is 3.25. The topological polar surface area (TPSA) is 39.9 Å². The number of para-hydroxylation sites is 1. The fourth-order valence-electron chi connectivity index (χ4n) is 1.81. The fourth-order valence-corrected chi connectivity index (χ4v) is 2.70. The summed E-state index contributed by atoms with van der Waals surface area (Å²) in [4.78, 5) is 4.15. The molecule has 0 N–H and O–H groups in total. The van der Waals surface area contributed by atoms with Crippen molar-refractivity contribution < 1.29 is 4.74 Å². The third-order valence-corrected chi connectivity index (χ3v) is 3.90. The van der Waals surface area contributed by atoms with Crippen LogP contribution in [-0.2, 0) is 5.88 Å². The Bertz CT molecular complexity index is 746. The summed E-state index contributed by atoms with van der Waals surface area (Å²) in [6.07, 6.45) is 1.62. The lowest BCUT2D eigenvalue weighted by atomic mass is 10.2. The molecule has 0 aliphatic rings. The van der Waals surface area contributed by atoms with Gasteiger partial charge in [-0.05, 0) is 29.8 Å². The van der Waals surface area contributed by atoms with Gasteiger partial charge in [-0.1, -0.05) is 40.2 Å². The molecule has 0 bridgehead atoms. The van der Waals surface area contributed by atoms with Crippen LogP contribution in [0.25, 0.3) is 5.69 Å². The van der Waals surface area contributed by atoms with Crippen LogP contribution in [0.1, 0.15) is 5.56 Å². The van der Waals surface area contributed by atoms with Crippen molar-refractivity contribution in [3.05, 3.63) is 64.9 Å². The highest BCUT2D eigenvalue weighted by Gasteiger charge is 2.07. The number of alkyl halides is 1. The van der Waals surface area contributed by atoms with Crippen molar-refractivity contribution in [2.24, 2.45) is 0 Å². The van der Waals surface area contributed by atoms with Crippen LogP contribution in [0.15, 0.2) is 59.3 Å². The van der Waals surface area contributed by atoms with E-state index in [0.29, 0.717) is 17.6 Å². The van der Waals surface area contributed by atoms with E-state index in [1.807, 2.05) is 48.5 Å². The largest absolute Gasteiger partial charge is 0.423 e. The molecule has 4 nitrogen and oxygen atoms in total. The highest BCUT2D eigenvalue weighted by molar-refractivity contribution is 9.10. The summed E-state index contributed by atoms with van der Waals surface area (Å²) in [6.45, 7) is 0. The van der Waals surface area contributed by atoms with Gasteiger partial charge in [-0.25, -0.2) is 4.68 Å². The van der Waals surface area contributed by atoms with Crippen LogP contribution in [0.5, 0.6) is 11.8 Å². The zero-order chi connectivity index (χ0) is 14.7. The first kappa shape index (κ1) is 14.1. The Morgan fingerprint density at radius 1 is 1.14 bits per heavy atom. The summed E-state index contributed by atoms with van der Waals surface area (Å²) in [6, 6.07) is 15.6. The Morgan fingerprint density at radius 2 is 1.95 bits per heavy atom.